The van der Waals surface area contributed by atoms with Crippen LogP contribution in [0.2, 0.25) is 0 Å². The molecule has 0 aliphatic carbocycles. The van der Waals surface area contributed by atoms with E-state index in [2.05, 4.69) is 32.7 Å². The quantitative estimate of drug-likeness (QED) is 0.883. The van der Waals surface area contributed by atoms with Crippen molar-refractivity contribution in [1.29, 1.82) is 0 Å². The van der Waals surface area contributed by atoms with E-state index >= 15 is 0 Å². The van der Waals surface area contributed by atoms with Crippen molar-refractivity contribution in [1.82, 2.24) is 4.98 Å². The van der Waals surface area contributed by atoms with E-state index in [1.54, 1.807) is 11.3 Å². The number of aryl methyl sites for hydroxylation is 2. The Morgan fingerprint density at radius 2 is 2.18 bits per heavy atom. The second-order valence-electron chi connectivity index (χ2n) is 5.42. The fraction of sp³-hybridized carbons (Fsp3) is 0.769. The first-order valence-corrected chi connectivity index (χ1v) is 7.09. The molecule has 1 aliphatic rings. The molecule has 1 aliphatic heterocycles. The van der Waals surface area contributed by atoms with Crippen LogP contribution in [0.1, 0.15) is 42.3 Å². The maximum absolute atomic E-state index is 6.56. The minimum atomic E-state index is -0.281. The van der Waals surface area contributed by atoms with Gasteiger partial charge >= 0.3 is 0 Å². The fourth-order valence-corrected chi connectivity index (χ4v) is 3.28. The first-order valence-electron chi connectivity index (χ1n) is 6.27. The molecule has 1 aromatic rings. The number of ether oxygens (including phenoxy) is 1. The summed E-state index contributed by atoms with van der Waals surface area (Å²) >= 11 is 1.74. The van der Waals surface area contributed by atoms with Crippen LogP contribution in [-0.2, 0) is 10.3 Å². The molecular weight excluding hydrogens is 232 g/mol. The Morgan fingerprint density at radius 3 is 2.71 bits per heavy atom. The Balaban J connectivity index is 2.23. The van der Waals surface area contributed by atoms with Crippen molar-refractivity contribution >= 4 is 11.3 Å². The van der Waals surface area contributed by atoms with E-state index in [9.17, 15) is 0 Å². The highest BCUT2D eigenvalue weighted by Gasteiger charge is 2.38. The summed E-state index contributed by atoms with van der Waals surface area (Å²) in [5.74, 6) is 0.514. The summed E-state index contributed by atoms with van der Waals surface area (Å²) in [6, 6.07) is 0. The van der Waals surface area contributed by atoms with Gasteiger partial charge in [0.25, 0.3) is 0 Å². The van der Waals surface area contributed by atoms with E-state index in [1.165, 1.54) is 4.88 Å². The lowest BCUT2D eigenvalue weighted by molar-refractivity contribution is -0.0438. The molecule has 0 spiro atoms. The molecule has 2 unspecified atom stereocenters. The molecule has 0 radical (unpaired) electrons. The van der Waals surface area contributed by atoms with Gasteiger partial charge in [0.2, 0.25) is 0 Å². The van der Waals surface area contributed by atoms with Crippen molar-refractivity contribution in [2.45, 2.75) is 52.2 Å². The van der Waals surface area contributed by atoms with E-state index in [-0.39, 0.29) is 11.6 Å². The summed E-state index contributed by atoms with van der Waals surface area (Å²) in [6.45, 7) is 9.29. The first-order chi connectivity index (χ1) is 7.92. The lowest BCUT2D eigenvalue weighted by atomic mass is 9.84. The van der Waals surface area contributed by atoms with E-state index in [0.29, 0.717) is 5.92 Å². The monoisotopic (exact) mass is 254 g/mol. The van der Waals surface area contributed by atoms with Gasteiger partial charge in [-0.05, 0) is 32.6 Å². The molecule has 96 valence electrons. The molecule has 17 heavy (non-hydrogen) atoms. The maximum atomic E-state index is 6.56. The number of thiazole rings is 1. The second-order valence-corrected chi connectivity index (χ2v) is 6.63. The zero-order valence-electron chi connectivity index (χ0n) is 11.1. The number of nitrogens with two attached hydrogens (primary N) is 1. The smallest absolute Gasteiger partial charge is 0.113 e. The molecule has 2 N–H and O–H groups in total. The van der Waals surface area contributed by atoms with Crippen LogP contribution in [0.4, 0.5) is 0 Å². The van der Waals surface area contributed by atoms with Crippen LogP contribution in [0, 0.1) is 19.8 Å². The highest BCUT2D eigenvalue weighted by molar-refractivity contribution is 7.11. The Bertz CT molecular complexity index is 383. The average Bonchev–Trinajstić information content (AvgIpc) is 2.60. The Morgan fingerprint density at radius 1 is 1.47 bits per heavy atom. The zero-order chi connectivity index (χ0) is 12.6. The third-order valence-corrected chi connectivity index (χ3v) is 4.94. The largest absolute Gasteiger partial charge is 0.378 e. The third kappa shape index (κ3) is 2.54. The normalized spacial score (nSPS) is 29.9. The molecule has 4 heteroatoms. The summed E-state index contributed by atoms with van der Waals surface area (Å²) in [6.07, 6.45) is 2.03. The minimum Gasteiger partial charge on any atom is -0.378 e. The summed E-state index contributed by atoms with van der Waals surface area (Å²) in [4.78, 5) is 5.91. The minimum absolute atomic E-state index is 0.262. The summed E-state index contributed by atoms with van der Waals surface area (Å²) < 4.78 is 5.79. The van der Waals surface area contributed by atoms with Gasteiger partial charge in [0.05, 0.1) is 17.3 Å². The number of aromatic nitrogens is 1. The molecule has 0 amide bonds. The Kier molecular flexibility index (Phi) is 3.57. The number of rotatable bonds is 2. The second kappa shape index (κ2) is 4.67. The van der Waals surface area contributed by atoms with Crippen molar-refractivity contribution in [2.75, 3.05) is 6.61 Å². The van der Waals surface area contributed by atoms with Crippen molar-refractivity contribution in [3.63, 3.8) is 0 Å². The molecule has 0 aromatic carbocycles. The standard InChI is InChI=1S/C13H22N2OS/c1-8(2)11-7-13(14,5-6-16-11)12-15-9(3)10(4)17-12/h8,11H,5-7,14H2,1-4H3. The van der Waals surface area contributed by atoms with Gasteiger partial charge in [-0.2, -0.15) is 0 Å². The van der Waals surface area contributed by atoms with Crippen LogP contribution in [0.25, 0.3) is 0 Å². The first kappa shape index (κ1) is 13.0. The van der Waals surface area contributed by atoms with Crippen LogP contribution in [-0.4, -0.2) is 17.7 Å². The van der Waals surface area contributed by atoms with E-state index in [4.69, 9.17) is 10.5 Å². The molecule has 1 saturated heterocycles. The highest BCUT2D eigenvalue weighted by atomic mass is 32.1. The van der Waals surface area contributed by atoms with Crippen LogP contribution in [0.15, 0.2) is 0 Å². The van der Waals surface area contributed by atoms with E-state index in [1.807, 2.05) is 0 Å². The topological polar surface area (TPSA) is 48.1 Å². The molecule has 0 bridgehead atoms. The van der Waals surface area contributed by atoms with Crippen molar-refractivity contribution < 1.29 is 4.74 Å². The van der Waals surface area contributed by atoms with E-state index < -0.39 is 0 Å². The van der Waals surface area contributed by atoms with Gasteiger partial charge in [-0.1, -0.05) is 13.8 Å². The van der Waals surface area contributed by atoms with Crippen LogP contribution >= 0.6 is 11.3 Å². The van der Waals surface area contributed by atoms with Gasteiger partial charge in [-0.15, -0.1) is 11.3 Å². The number of hydrogen-bond donors (Lipinski definition) is 1. The molecule has 1 fully saturated rings. The van der Waals surface area contributed by atoms with Crippen LogP contribution in [0.5, 0.6) is 0 Å². The fourth-order valence-electron chi connectivity index (χ4n) is 2.22. The summed E-state index contributed by atoms with van der Waals surface area (Å²) in [5, 5.41) is 1.08. The van der Waals surface area contributed by atoms with Crippen molar-refractivity contribution in [3.8, 4) is 0 Å². The van der Waals surface area contributed by atoms with Gasteiger partial charge < -0.3 is 10.5 Å². The van der Waals surface area contributed by atoms with Gasteiger partial charge in [0.15, 0.2) is 0 Å². The summed E-state index contributed by atoms with van der Waals surface area (Å²) in [5.41, 5.74) is 7.39. The molecule has 3 nitrogen and oxygen atoms in total. The van der Waals surface area contributed by atoms with E-state index in [0.717, 1.165) is 30.2 Å². The van der Waals surface area contributed by atoms with Crippen LogP contribution in [0.3, 0.4) is 0 Å². The molecule has 2 rings (SSSR count). The molecule has 2 atom stereocenters. The van der Waals surface area contributed by atoms with Gasteiger partial charge in [-0.3, -0.25) is 0 Å². The maximum Gasteiger partial charge on any atom is 0.113 e. The SMILES string of the molecule is Cc1nc(C2(N)CCOC(C(C)C)C2)sc1C. The number of hydrogen-bond acceptors (Lipinski definition) is 4. The van der Waals surface area contributed by atoms with Gasteiger partial charge in [-0.25, -0.2) is 4.98 Å². The predicted molar refractivity (Wildman–Crippen MR) is 71.3 cm³/mol. The predicted octanol–water partition coefficient (Wildman–Crippen LogP) is 2.75. The van der Waals surface area contributed by atoms with Gasteiger partial charge in [0.1, 0.15) is 5.01 Å². The highest BCUT2D eigenvalue weighted by Crippen LogP contribution is 2.37. The third-order valence-electron chi connectivity index (χ3n) is 3.64. The summed E-state index contributed by atoms with van der Waals surface area (Å²) in [7, 11) is 0. The average molecular weight is 254 g/mol. The molecule has 2 heterocycles. The van der Waals surface area contributed by atoms with Crippen molar-refractivity contribution in [2.24, 2.45) is 11.7 Å². The lowest BCUT2D eigenvalue weighted by Crippen LogP contribution is -2.47. The number of nitrogens with zero attached hydrogens (tertiary/aromatic N) is 1. The van der Waals surface area contributed by atoms with Crippen LogP contribution < -0.4 is 5.73 Å². The Hall–Kier alpha value is -0.450. The van der Waals surface area contributed by atoms with Gasteiger partial charge in [0, 0.05) is 11.5 Å². The Labute approximate surface area is 107 Å². The van der Waals surface area contributed by atoms with Crippen molar-refractivity contribution in [3.05, 3.63) is 15.6 Å². The molecule has 0 saturated carbocycles. The zero-order valence-corrected chi connectivity index (χ0v) is 11.9. The lowest BCUT2D eigenvalue weighted by Gasteiger charge is -2.38. The molecular formula is C13H22N2OS. The molecule has 1 aromatic heterocycles.